The summed E-state index contributed by atoms with van der Waals surface area (Å²) in [6, 6.07) is 0. The van der Waals surface area contributed by atoms with E-state index < -0.39 is 0 Å². The van der Waals surface area contributed by atoms with Crippen molar-refractivity contribution >= 4 is 88.4 Å². The van der Waals surface area contributed by atoms with Crippen LogP contribution in [-0.4, -0.2) is 0 Å². The van der Waals surface area contributed by atoms with Gasteiger partial charge in [0.05, 0.1) is 14.7 Å². The van der Waals surface area contributed by atoms with Crippen LogP contribution in [0, 0.1) is 6.45 Å². The van der Waals surface area contributed by atoms with Crippen LogP contribution < -0.4 is 0 Å². The molecule has 1 heterocycles. The lowest BCUT2D eigenvalue weighted by atomic mass is 10.7. The summed E-state index contributed by atoms with van der Waals surface area (Å²) < 4.78 is 4.98. The van der Waals surface area contributed by atoms with Crippen molar-refractivity contribution in [3.05, 3.63) is 14.7 Å². The van der Waals surface area contributed by atoms with Gasteiger partial charge in [-0.05, 0) is 77.0 Å². The average Bonchev–Trinajstić information content (AvgIpc) is 1.98. The van der Waals surface area contributed by atoms with E-state index in [4.69, 9.17) is 0 Å². The predicted molar refractivity (Wildman–Crippen MR) is 65.2 cm³/mol. The van der Waals surface area contributed by atoms with Crippen molar-refractivity contribution in [1.29, 1.82) is 0 Å². The molecule has 0 aliphatic heterocycles. The fraction of sp³-hybridized carbons (Fsp3) is 0. The third-order valence-electron chi connectivity index (χ3n) is 0.717. The summed E-state index contributed by atoms with van der Waals surface area (Å²) >= 11 is 13.3. The van der Waals surface area contributed by atoms with Gasteiger partial charge >= 0.3 is 0 Å². The minimum Gasteiger partial charge on any atom is -0.120 e. The molecule has 0 nitrogen and oxygen atoms in total. The molecule has 0 aromatic carbocycles. The van der Waals surface area contributed by atoms with Gasteiger partial charge in [-0.25, -0.2) is 0 Å². The molecule has 0 atom stereocenters. The second-order valence-corrected chi connectivity index (χ2v) is 7.30. The summed E-state index contributed by atoms with van der Waals surface area (Å²) in [6.45, 7) is 0. The van der Waals surface area contributed by atoms with E-state index in [2.05, 4.69) is 77.0 Å². The van der Waals surface area contributed by atoms with E-state index in [-0.39, 0.29) is 0 Å². The fourth-order valence-corrected chi connectivity index (χ4v) is 5.50. The van der Waals surface area contributed by atoms with Crippen LogP contribution in [0.5, 0.6) is 0 Å². The maximum atomic E-state index is 3.45. The van der Waals surface area contributed by atoms with E-state index in [1.54, 1.807) is 11.3 Å². The maximum Gasteiger partial charge on any atom is 0.0862 e. The molecule has 0 N–H and O–H groups in total. The molecule has 1 aromatic heterocycles. The van der Waals surface area contributed by atoms with Gasteiger partial charge in [-0.1, -0.05) is 0 Å². The van der Waals surface area contributed by atoms with Crippen LogP contribution in [0.1, 0.15) is 0 Å². The molecule has 0 aliphatic rings. The summed E-state index contributed by atoms with van der Waals surface area (Å²) in [5, 5.41) is 0. The Kier molecular flexibility index (Phi) is 3.77. The first-order valence-corrected chi connectivity index (χ1v) is 6.47. The third-order valence-corrected chi connectivity index (χ3v) is 8.37. The molecular weight excluding hydrogens is 494 g/mol. The smallest absolute Gasteiger partial charge is 0.0862 e. The van der Waals surface area contributed by atoms with Gasteiger partial charge in [-0.3, -0.25) is 0 Å². The molecule has 0 aliphatic carbocycles. The Morgan fingerprint density at radius 2 is 1.78 bits per heavy atom. The molecule has 1 aromatic rings. The first-order valence-electron chi connectivity index (χ1n) is 1.91. The molecule has 1 rings (SSSR count). The van der Waals surface area contributed by atoms with Crippen LogP contribution in [0.15, 0.2) is 8.26 Å². The molecule has 0 spiro atoms. The Bertz CT molecular complexity index is 210. The summed E-state index contributed by atoms with van der Waals surface area (Å²) in [4.78, 5) is 0. The van der Waals surface area contributed by atoms with E-state index in [1.165, 1.54) is 14.7 Å². The van der Waals surface area contributed by atoms with Crippen LogP contribution in [0.2, 0.25) is 0 Å². The molecule has 0 radical (unpaired) electrons. The normalized spacial score (nSPS) is 10.2. The SMILES string of the molecule is Brc1sc(I)c(I)c1Br. The van der Waals surface area contributed by atoms with Crippen molar-refractivity contribution in [2.45, 2.75) is 0 Å². The van der Waals surface area contributed by atoms with E-state index in [9.17, 15) is 0 Å². The van der Waals surface area contributed by atoms with E-state index >= 15 is 0 Å². The van der Waals surface area contributed by atoms with Crippen LogP contribution >= 0.6 is 88.4 Å². The van der Waals surface area contributed by atoms with Gasteiger partial charge in [0.25, 0.3) is 0 Å². The highest BCUT2D eigenvalue weighted by Gasteiger charge is 2.08. The van der Waals surface area contributed by atoms with Gasteiger partial charge in [0.15, 0.2) is 0 Å². The van der Waals surface area contributed by atoms with E-state index in [0.717, 1.165) is 0 Å². The predicted octanol–water partition coefficient (Wildman–Crippen LogP) is 4.48. The second kappa shape index (κ2) is 3.68. The minimum atomic E-state index is 1.18. The zero-order valence-electron chi connectivity index (χ0n) is 3.92. The van der Waals surface area contributed by atoms with E-state index in [1.807, 2.05) is 0 Å². The summed E-state index contributed by atoms with van der Waals surface area (Å²) in [7, 11) is 0. The first kappa shape index (κ1) is 9.21. The summed E-state index contributed by atoms with van der Waals surface area (Å²) in [6.07, 6.45) is 0. The molecule has 0 unspecified atom stereocenters. The average molecular weight is 494 g/mol. The monoisotopic (exact) mass is 492 g/mol. The van der Waals surface area contributed by atoms with Crippen molar-refractivity contribution in [2.24, 2.45) is 0 Å². The van der Waals surface area contributed by atoms with E-state index in [0.29, 0.717) is 0 Å². The van der Waals surface area contributed by atoms with Gasteiger partial charge < -0.3 is 0 Å². The largest absolute Gasteiger partial charge is 0.120 e. The Morgan fingerprint density at radius 1 is 1.22 bits per heavy atom. The molecule has 9 heavy (non-hydrogen) atoms. The van der Waals surface area contributed by atoms with Gasteiger partial charge in [0, 0.05) is 0 Å². The van der Waals surface area contributed by atoms with Crippen LogP contribution in [0.4, 0.5) is 0 Å². The second-order valence-electron chi connectivity index (χ2n) is 1.28. The van der Waals surface area contributed by atoms with Gasteiger partial charge in [0.2, 0.25) is 0 Å². The molecule has 0 fully saturated rings. The standard InChI is InChI=1S/C4Br2I2S/c5-1-2(7)4(8)9-3(1)6. The van der Waals surface area contributed by atoms with Crippen LogP contribution in [0.3, 0.4) is 0 Å². The topological polar surface area (TPSA) is 0 Å². The van der Waals surface area contributed by atoms with Crippen molar-refractivity contribution in [3.8, 4) is 0 Å². The van der Waals surface area contributed by atoms with Gasteiger partial charge in [-0.2, -0.15) is 0 Å². The third kappa shape index (κ3) is 2.03. The highest BCUT2D eigenvalue weighted by Crippen LogP contribution is 2.38. The van der Waals surface area contributed by atoms with Crippen LogP contribution in [0.25, 0.3) is 0 Å². The lowest BCUT2D eigenvalue weighted by Crippen LogP contribution is -1.64. The van der Waals surface area contributed by atoms with Crippen molar-refractivity contribution in [2.75, 3.05) is 0 Å². The highest BCUT2D eigenvalue weighted by molar-refractivity contribution is 14.1. The molecule has 5 heteroatoms. The molecule has 0 saturated heterocycles. The highest BCUT2D eigenvalue weighted by atomic mass is 127. The number of hydrogen-bond acceptors (Lipinski definition) is 1. The zero-order chi connectivity index (χ0) is 7.02. The lowest BCUT2D eigenvalue weighted by molar-refractivity contribution is 1.71. The molecule has 50 valence electrons. The van der Waals surface area contributed by atoms with Crippen molar-refractivity contribution in [3.63, 3.8) is 0 Å². The Labute approximate surface area is 101 Å². The number of thiophene rings is 1. The quantitative estimate of drug-likeness (QED) is 0.468. The van der Waals surface area contributed by atoms with Crippen LogP contribution in [-0.2, 0) is 0 Å². The molecule has 0 bridgehead atoms. The van der Waals surface area contributed by atoms with Crippen molar-refractivity contribution < 1.29 is 0 Å². The minimum absolute atomic E-state index is 1.18. The van der Waals surface area contributed by atoms with Crippen molar-refractivity contribution in [1.82, 2.24) is 0 Å². The lowest BCUT2D eigenvalue weighted by Gasteiger charge is -1.82. The molecule has 0 saturated carbocycles. The molecular formula is C4Br2I2S. The Morgan fingerprint density at radius 3 is 1.89 bits per heavy atom. The Hall–Kier alpha value is 2.12. The summed E-state index contributed by atoms with van der Waals surface area (Å²) in [5.41, 5.74) is 0. The number of halogens is 4. The van der Waals surface area contributed by atoms with Gasteiger partial charge in [-0.15, -0.1) is 11.3 Å². The Balaban J connectivity index is 3.29. The molecule has 0 amide bonds. The fourth-order valence-electron chi connectivity index (χ4n) is 0.341. The van der Waals surface area contributed by atoms with Gasteiger partial charge in [0.1, 0.15) is 0 Å². The zero-order valence-corrected chi connectivity index (χ0v) is 12.2. The number of hydrogen-bond donors (Lipinski definition) is 0. The first-order chi connectivity index (χ1) is 4.13. The number of rotatable bonds is 0. The maximum absolute atomic E-state index is 3.45. The summed E-state index contributed by atoms with van der Waals surface area (Å²) in [5.74, 6) is 0.